The lowest BCUT2D eigenvalue weighted by Gasteiger charge is -2.16. The summed E-state index contributed by atoms with van der Waals surface area (Å²) in [7, 11) is 4.00. The van der Waals surface area contributed by atoms with E-state index in [1.54, 1.807) is 12.3 Å². The maximum atomic E-state index is 14.0. The molecule has 1 aromatic heterocycles. The molecule has 2 aromatic carbocycles. The van der Waals surface area contributed by atoms with Crippen LogP contribution in [0.4, 0.5) is 10.1 Å². The molecule has 7 heteroatoms. The van der Waals surface area contributed by atoms with Gasteiger partial charge in [-0.05, 0) is 48.7 Å². The van der Waals surface area contributed by atoms with Crippen LogP contribution in [0.1, 0.15) is 22.5 Å². The van der Waals surface area contributed by atoms with E-state index in [9.17, 15) is 9.50 Å². The van der Waals surface area contributed by atoms with Crippen LogP contribution in [0.25, 0.3) is 17.0 Å². The van der Waals surface area contributed by atoms with E-state index in [1.807, 2.05) is 26.0 Å². The van der Waals surface area contributed by atoms with Crippen molar-refractivity contribution in [3.05, 3.63) is 71.4 Å². The SMILES string of the molecule is C=C(Nc1c(C)cc(CO)cc1C)c1nccc(-c2cc(F)cc(P)c2OC)n1. The number of anilines is 1. The van der Waals surface area contributed by atoms with Crippen LogP contribution in [-0.2, 0) is 6.61 Å². The second-order valence-corrected chi connectivity index (χ2v) is 7.33. The molecule has 0 radical (unpaired) electrons. The van der Waals surface area contributed by atoms with Crippen molar-refractivity contribution in [1.29, 1.82) is 0 Å². The summed E-state index contributed by atoms with van der Waals surface area (Å²) >= 11 is 0. The highest BCUT2D eigenvalue weighted by Crippen LogP contribution is 2.30. The van der Waals surface area contributed by atoms with E-state index in [0.717, 1.165) is 22.4 Å². The Bertz CT molecular complexity index is 1060. The summed E-state index contributed by atoms with van der Waals surface area (Å²) in [5, 5.41) is 13.2. The Kier molecular flexibility index (Phi) is 6.26. The van der Waals surface area contributed by atoms with E-state index in [2.05, 4.69) is 31.1 Å². The standard InChI is InChI=1S/C22H23FN3O2P/c1-12-7-15(11-27)8-13(2)20(12)25-14(3)22-24-6-5-18(26-22)17-9-16(23)10-19(29)21(17)28-4/h5-10,25,27H,3,11,29H2,1-2,4H3. The number of methoxy groups -OCH3 is 1. The molecule has 0 aliphatic carbocycles. The van der Waals surface area contributed by atoms with Gasteiger partial charge < -0.3 is 15.2 Å². The third-order valence-electron chi connectivity index (χ3n) is 4.54. The van der Waals surface area contributed by atoms with Crippen molar-refractivity contribution < 1.29 is 14.2 Å². The lowest BCUT2D eigenvalue weighted by Crippen LogP contribution is -2.07. The maximum Gasteiger partial charge on any atom is 0.175 e. The van der Waals surface area contributed by atoms with Crippen molar-refractivity contribution in [2.45, 2.75) is 20.5 Å². The van der Waals surface area contributed by atoms with Crippen molar-refractivity contribution >= 4 is 25.9 Å². The molecule has 3 rings (SSSR count). The van der Waals surface area contributed by atoms with Gasteiger partial charge in [0, 0.05) is 22.8 Å². The molecule has 1 atom stereocenters. The molecule has 0 spiro atoms. The molecule has 0 amide bonds. The van der Waals surface area contributed by atoms with Gasteiger partial charge in [0.25, 0.3) is 0 Å². The van der Waals surface area contributed by atoms with Crippen LogP contribution in [0.15, 0.2) is 43.1 Å². The molecule has 0 fully saturated rings. The number of nitrogens with one attached hydrogen (secondary N) is 1. The summed E-state index contributed by atoms with van der Waals surface area (Å²) in [6.07, 6.45) is 1.60. The van der Waals surface area contributed by atoms with Crippen LogP contribution in [-0.4, -0.2) is 22.2 Å². The second-order valence-electron chi connectivity index (χ2n) is 6.71. The summed E-state index contributed by atoms with van der Waals surface area (Å²) in [4.78, 5) is 8.86. The number of hydrogen-bond acceptors (Lipinski definition) is 5. The lowest BCUT2D eigenvalue weighted by molar-refractivity contribution is 0.281. The van der Waals surface area contributed by atoms with E-state index in [1.165, 1.54) is 19.2 Å². The fourth-order valence-electron chi connectivity index (χ4n) is 3.24. The molecule has 0 saturated carbocycles. The predicted octanol–water partition coefficient (Wildman–Crippen LogP) is 3.98. The maximum absolute atomic E-state index is 14.0. The summed E-state index contributed by atoms with van der Waals surface area (Å²) in [5.41, 5.74) is 5.26. The van der Waals surface area contributed by atoms with Gasteiger partial charge in [-0.1, -0.05) is 18.7 Å². The van der Waals surface area contributed by atoms with Gasteiger partial charge in [-0.2, -0.15) is 0 Å². The molecule has 0 bridgehead atoms. The normalized spacial score (nSPS) is 10.7. The number of nitrogens with zero attached hydrogens (tertiary/aromatic N) is 2. The van der Waals surface area contributed by atoms with E-state index >= 15 is 0 Å². The highest BCUT2D eigenvalue weighted by molar-refractivity contribution is 7.27. The predicted molar refractivity (Wildman–Crippen MR) is 118 cm³/mol. The molecule has 3 aromatic rings. The van der Waals surface area contributed by atoms with Gasteiger partial charge in [0.2, 0.25) is 0 Å². The second kappa shape index (κ2) is 8.68. The van der Waals surface area contributed by atoms with Gasteiger partial charge in [-0.3, -0.25) is 0 Å². The Labute approximate surface area is 171 Å². The van der Waals surface area contributed by atoms with Gasteiger partial charge >= 0.3 is 0 Å². The summed E-state index contributed by atoms with van der Waals surface area (Å²) in [6, 6.07) is 8.30. The van der Waals surface area contributed by atoms with Crippen LogP contribution in [0, 0.1) is 19.7 Å². The van der Waals surface area contributed by atoms with Gasteiger partial charge in [0.05, 0.1) is 25.1 Å². The largest absolute Gasteiger partial charge is 0.495 e. The summed E-state index contributed by atoms with van der Waals surface area (Å²) in [6.45, 7) is 7.96. The van der Waals surface area contributed by atoms with Crippen LogP contribution in [0.2, 0.25) is 0 Å². The molecule has 5 nitrogen and oxygen atoms in total. The van der Waals surface area contributed by atoms with Crippen molar-refractivity contribution in [3.8, 4) is 17.0 Å². The number of ether oxygens (including phenoxy) is 1. The molecule has 2 N–H and O–H groups in total. The third kappa shape index (κ3) is 4.44. The molecule has 29 heavy (non-hydrogen) atoms. The topological polar surface area (TPSA) is 67.3 Å². The number of benzene rings is 2. The monoisotopic (exact) mass is 411 g/mol. The zero-order valence-electron chi connectivity index (χ0n) is 16.6. The molecule has 0 aliphatic rings. The first-order valence-corrected chi connectivity index (χ1v) is 9.55. The van der Waals surface area contributed by atoms with Gasteiger partial charge in [-0.25, -0.2) is 14.4 Å². The summed E-state index contributed by atoms with van der Waals surface area (Å²) < 4.78 is 19.4. The van der Waals surface area contributed by atoms with E-state index in [-0.39, 0.29) is 12.4 Å². The first kappa shape index (κ1) is 20.9. The molecule has 150 valence electrons. The van der Waals surface area contributed by atoms with Crippen LogP contribution in [0.3, 0.4) is 0 Å². The number of aromatic nitrogens is 2. The molecular weight excluding hydrogens is 388 g/mol. The molecular formula is C22H23FN3O2P. The van der Waals surface area contributed by atoms with Gasteiger partial charge in [-0.15, -0.1) is 9.24 Å². The van der Waals surface area contributed by atoms with Crippen molar-refractivity contribution in [2.24, 2.45) is 0 Å². The Hall–Kier alpha value is -2.82. The first-order valence-electron chi connectivity index (χ1n) is 8.97. The molecule has 0 saturated heterocycles. The Morgan fingerprint density at radius 2 is 1.93 bits per heavy atom. The van der Waals surface area contributed by atoms with E-state index in [0.29, 0.717) is 33.8 Å². The fraction of sp³-hybridized carbons (Fsp3) is 0.182. The van der Waals surface area contributed by atoms with Crippen molar-refractivity contribution in [1.82, 2.24) is 9.97 Å². The molecule has 1 unspecified atom stereocenters. The number of aliphatic hydroxyl groups excluding tert-OH is 1. The molecule has 0 aliphatic heterocycles. The van der Waals surface area contributed by atoms with Crippen LogP contribution in [0.5, 0.6) is 5.75 Å². The van der Waals surface area contributed by atoms with Crippen molar-refractivity contribution in [2.75, 3.05) is 12.4 Å². The Morgan fingerprint density at radius 3 is 2.55 bits per heavy atom. The fourth-order valence-corrected chi connectivity index (χ4v) is 3.67. The van der Waals surface area contributed by atoms with E-state index < -0.39 is 0 Å². The van der Waals surface area contributed by atoms with Crippen LogP contribution < -0.4 is 15.4 Å². The number of aliphatic hydroxyl groups is 1. The quantitative estimate of drug-likeness (QED) is 0.601. The smallest absolute Gasteiger partial charge is 0.175 e. The Morgan fingerprint density at radius 1 is 1.24 bits per heavy atom. The van der Waals surface area contributed by atoms with E-state index in [4.69, 9.17) is 4.74 Å². The average Bonchev–Trinajstić information content (AvgIpc) is 2.69. The minimum Gasteiger partial charge on any atom is -0.495 e. The zero-order chi connectivity index (χ0) is 21.1. The van der Waals surface area contributed by atoms with Crippen molar-refractivity contribution in [3.63, 3.8) is 0 Å². The number of rotatable bonds is 6. The van der Waals surface area contributed by atoms with Gasteiger partial charge in [0.1, 0.15) is 11.6 Å². The minimum absolute atomic E-state index is 0.0127. The first-order chi connectivity index (χ1) is 13.8. The number of aryl methyl sites for hydroxylation is 2. The lowest BCUT2D eigenvalue weighted by atomic mass is 10.0. The Balaban J connectivity index is 1.96. The average molecular weight is 411 g/mol. The summed E-state index contributed by atoms with van der Waals surface area (Å²) in [5.74, 6) is 0.549. The highest BCUT2D eigenvalue weighted by atomic mass is 31.0. The third-order valence-corrected chi connectivity index (χ3v) is 4.97. The molecule has 1 heterocycles. The number of hydrogen-bond donors (Lipinski definition) is 2. The zero-order valence-corrected chi connectivity index (χ0v) is 17.7. The van der Waals surface area contributed by atoms with Crippen LogP contribution >= 0.6 is 9.24 Å². The van der Waals surface area contributed by atoms with Gasteiger partial charge in [0.15, 0.2) is 5.82 Å². The highest BCUT2D eigenvalue weighted by Gasteiger charge is 2.15. The number of halogens is 1. The minimum atomic E-state index is -0.377.